The fourth-order valence-corrected chi connectivity index (χ4v) is 6.52. The van der Waals surface area contributed by atoms with Gasteiger partial charge >= 0.3 is 0 Å². The summed E-state index contributed by atoms with van der Waals surface area (Å²) in [7, 11) is -6.78. The van der Waals surface area contributed by atoms with Gasteiger partial charge in [-0.05, 0) is 43.7 Å². The van der Waals surface area contributed by atoms with Crippen molar-refractivity contribution in [3.63, 3.8) is 0 Å². The van der Waals surface area contributed by atoms with Gasteiger partial charge in [-0.1, -0.05) is 62.4 Å². The van der Waals surface area contributed by atoms with Crippen LogP contribution in [0.15, 0.2) is 95.6 Å². The molecule has 2 aliphatic heterocycles. The Bertz CT molecular complexity index is 1690. The summed E-state index contributed by atoms with van der Waals surface area (Å²) in [6.07, 6.45) is 13.1. The first-order chi connectivity index (χ1) is 18.0. The standard InChI is InChI=1S/C29H32N2O6S2/c1-28(2)22-13-11-12-14-24(22)30(5)26(28)15-9-7-6-8-10-16-27-29(3,4)23-19-21(39(35,36)37)17-18-25(23)31(27)20-38(32,33)34/h6-19H,20H2,1-5H3,(H-,32,33,34,35,36,37)/p+1. The van der Waals surface area contributed by atoms with E-state index in [-0.39, 0.29) is 10.3 Å². The van der Waals surface area contributed by atoms with Crippen molar-refractivity contribution in [3.05, 3.63) is 102 Å². The molecule has 0 bridgehead atoms. The molecule has 0 saturated carbocycles. The number of hydrogen-bond donors (Lipinski definition) is 2. The fraction of sp³-hybridized carbons (Fsp3) is 0.276. The molecule has 2 aliphatic rings. The van der Waals surface area contributed by atoms with Crippen LogP contribution in [-0.4, -0.2) is 49.2 Å². The molecule has 2 aromatic carbocycles. The Morgan fingerprint density at radius 3 is 2.13 bits per heavy atom. The lowest BCUT2D eigenvalue weighted by Crippen LogP contribution is -2.30. The van der Waals surface area contributed by atoms with Crippen LogP contribution >= 0.6 is 0 Å². The van der Waals surface area contributed by atoms with E-state index in [1.807, 2.05) is 38.1 Å². The highest BCUT2D eigenvalue weighted by Gasteiger charge is 2.43. The van der Waals surface area contributed by atoms with E-state index in [1.165, 1.54) is 40.1 Å². The summed E-state index contributed by atoms with van der Waals surface area (Å²) in [5, 5.41) is 0. The van der Waals surface area contributed by atoms with E-state index in [0.717, 1.165) is 0 Å². The molecule has 0 aliphatic carbocycles. The summed E-state index contributed by atoms with van der Waals surface area (Å²) in [6.45, 7) is 8.03. The van der Waals surface area contributed by atoms with Crippen LogP contribution in [0.1, 0.15) is 38.8 Å². The van der Waals surface area contributed by atoms with Gasteiger partial charge in [-0.25, -0.2) is 0 Å². The van der Waals surface area contributed by atoms with Gasteiger partial charge in [-0.15, -0.1) is 0 Å². The minimum atomic E-state index is -4.45. The zero-order valence-corrected chi connectivity index (χ0v) is 24.2. The number of anilines is 1. The van der Waals surface area contributed by atoms with Crippen LogP contribution in [0.25, 0.3) is 0 Å². The van der Waals surface area contributed by atoms with Crippen LogP contribution in [-0.2, 0) is 31.1 Å². The SMILES string of the molecule is C[N+]1=C(/C=C/C=C/C=C/C=C2/N(CS(=O)(=O)O)c3ccc(S(=O)(=O)O)cc3C2(C)C)C(C)(C)c2ccccc21. The molecule has 0 unspecified atom stereocenters. The van der Waals surface area contributed by atoms with Crippen LogP contribution < -0.4 is 4.90 Å². The average molecular weight is 570 g/mol. The van der Waals surface area contributed by atoms with Crippen molar-refractivity contribution in [2.75, 3.05) is 17.8 Å². The maximum absolute atomic E-state index is 11.8. The Balaban J connectivity index is 1.58. The van der Waals surface area contributed by atoms with Crippen LogP contribution in [0.3, 0.4) is 0 Å². The summed E-state index contributed by atoms with van der Waals surface area (Å²) < 4.78 is 68.2. The molecular weight excluding hydrogens is 536 g/mol. The average Bonchev–Trinajstić information content (AvgIpc) is 3.15. The number of rotatable bonds is 7. The second kappa shape index (κ2) is 10.0. The normalized spacial score (nSPS) is 19.7. The minimum absolute atomic E-state index is 0.120. The Hall–Kier alpha value is -3.31. The number of allylic oxidation sites excluding steroid dienone is 8. The Kier molecular flexibility index (Phi) is 7.37. The first-order valence-electron chi connectivity index (χ1n) is 12.3. The summed E-state index contributed by atoms with van der Waals surface area (Å²) >= 11 is 0. The van der Waals surface area contributed by atoms with E-state index in [0.29, 0.717) is 16.9 Å². The quantitative estimate of drug-likeness (QED) is 0.270. The number of nitrogens with zero attached hydrogens (tertiary/aromatic N) is 2. The summed E-state index contributed by atoms with van der Waals surface area (Å²) in [5.74, 6) is -0.697. The van der Waals surface area contributed by atoms with Gasteiger partial charge < -0.3 is 4.90 Å². The molecule has 0 fully saturated rings. The molecule has 0 spiro atoms. The first-order valence-corrected chi connectivity index (χ1v) is 15.4. The zero-order valence-electron chi connectivity index (χ0n) is 22.5. The monoisotopic (exact) mass is 569 g/mol. The predicted molar refractivity (Wildman–Crippen MR) is 154 cm³/mol. The van der Waals surface area contributed by atoms with Crippen LogP contribution in [0, 0.1) is 0 Å². The number of hydrogen-bond acceptors (Lipinski definition) is 5. The van der Waals surface area contributed by atoms with E-state index >= 15 is 0 Å². The van der Waals surface area contributed by atoms with E-state index in [9.17, 15) is 25.9 Å². The predicted octanol–water partition coefficient (Wildman–Crippen LogP) is 5.13. The third kappa shape index (κ3) is 5.56. The van der Waals surface area contributed by atoms with Crippen molar-refractivity contribution >= 4 is 37.3 Å². The van der Waals surface area contributed by atoms with Crippen molar-refractivity contribution in [3.8, 4) is 0 Å². The summed E-state index contributed by atoms with van der Waals surface area (Å²) in [5.41, 5.74) is 4.21. The third-order valence-corrected chi connectivity index (χ3v) is 8.78. The topological polar surface area (TPSA) is 115 Å². The molecule has 8 nitrogen and oxygen atoms in total. The third-order valence-electron chi connectivity index (χ3n) is 7.35. The van der Waals surface area contributed by atoms with Crippen molar-refractivity contribution in [1.29, 1.82) is 0 Å². The van der Waals surface area contributed by atoms with Gasteiger partial charge in [0.25, 0.3) is 20.2 Å². The van der Waals surface area contributed by atoms with Crippen molar-refractivity contribution in [1.82, 2.24) is 0 Å². The van der Waals surface area contributed by atoms with Gasteiger partial charge in [-0.2, -0.15) is 21.4 Å². The van der Waals surface area contributed by atoms with Crippen LogP contribution in [0.5, 0.6) is 0 Å². The van der Waals surface area contributed by atoms with Crippen molar-refractivity contribution < 1.29 is 30.5 Å². The highest BCUT2D eigenvalue weighted by molar-refractivity contribution is 7.86. The maximum atomic E-state index is 11.8. The van der Waals surface area contributed by atoms with E-state index in [2.05, 4.69) is 49.7 Å². The van der Waals surface area contributed by atoms with Crippen molar-refractivity contribution in [2.24, 2.45) is 0 Å². The minimum Gasteiger partial charge on any atom is -0.327 e. The van der Waals surface area contributed by atoms with Gasteiger partial charge in [0.15, 0.2) is 11.6 Å². The highest BCUT2D eigenvalue weighted by atomic mass is 32.2. The largest absolute Gasteiger partial charge is 0.327 e. The lowest BCUT2D eigenvalue weighted by Gasteiger charge is -2.25. The zero-order chi connectivity index (χ0) is 28.8. The molecule has 2 N–H and O–H groups in total. The lowest BCUT2D eigenvalue weighted by molar-refractivity contribution is -0.401. The van der Waals surface area contributed by atoms with Gasteiger partial charge in [0.2, 0.25) is 5.69 Å². The van der Waals surface area contributed by atoms with Gasteiger partial charge in [0, 0.05) is 34.5 Å². The lowest BCUT2D eigenvalue weighted by atomic mass is 9.81. The molecule has 206 valence electrons. The molecule has 10 heteroatoms. The molecule has 0 amide bonds. The van der Waals surface area contributed by atoms with Crippen molar-refractivity contribution in [2.45, 2.75) is 43.4 Å². The van der Waals surface area contributed by atoms with Gasteiger partial charge in [0.1, 0.15) is 7.05 Å². The molecule has 0 atom stereocenters. The summed E-state index contributed by atoms with van der Waals surface area (Å²) in [4.78, 5) is 1.14. The Morgan fingerprint density at radius 2 is 1.49 bits per heavy atom. The molecule has 0 radical (unpaired) electrons. The van der Waals surface area contributed by atoms with Crippen LogP contribution in [0.2, 0.25) is 0 Å². The van der Waals surface area contributed by atoms with E-state index in [1.54, 1.807) is 18.2 Å². The Morgan fingerprint density at radius 1 is 0.846 bits per heavy atom. The number of benzene rings is 2. The number of para-hydroxylation sites is 1. The molecule has 39 heavy (non-hydrogen) atoms. The molecule has 4 rings (SSSR count). The van der Waals surface area contributed by atoms with Crippen LogP contribution in [0.4, 0.5) is 11.4 Å². The smallest absolute Gasteiger partial charge is 0.294 e. The molecule has 0 aromatic heterocycles. The number of fused-ring (bicyclic) bond motifs is 2. The summed E-state index contributed by atoms with van der Waals surface area (Å²) in [6, 6.07) is 12.3. The molecule has 2 aromatic rings. The van der Waals surface area contributed by atoms with Gasteiger partial charge in [0.05, 0.1) is 10.3 Å². The van der Waals surface area contributed by atoms with Gasteiger partial charge in [-0.3, -0.25) is 9.11 Å². The Labute approximate surface area is 230 Å². The first kappa shape index (κ1) is 28.7. The van der Waals surface area contributed by atoms with E-state index in [4.69, 9.17) is 0 Å². The highest BCUT2D eigenvalue weighted by Crippen LogP contribution is 2.48. The second-order valence-corrected chi connectivity index (χ2v) is 13.5. The maximum Gasteiger partial charge on any atom is 0.294 e. The van der Waals surface area contributed by atoms with E-state index < -0.39 is 31.5 Å². The molecular formula is C29H33N2O6S2+. The second-order valence-electron chi connectivity index (χ2n) is 10.7. The molecule has 0 saturated heterocycles. The molecule has 2 heterocycles. The fourth-order valence-electron chi connectivity index (χ4n) is 5.40.